The van der Waals surface area contributed by atoms with Crippen LogP contribution in [-0.2, 0) is 0 Å². The second kappa shape index (κ2) is 5.27. The third-order valence-corrected chi connectivity index (χ3v) is 4.71. The highest BCUT2D eigenvalue weighted by molar-refractivity contribution is 4.86. The van der Waals surface area contributed by atoms with E-state index in [0.717, 1.165) is 11.8 Å². The molecule has 2 heteroatoms. The first-order valence-electron chi connectivity index (χ1n) is 7.46. The Morgan fingerprint density at radius 2 is 1.59 bits per heavy atom. The van der Waals surface area contributed by atoms with Gasteiger partial charge in [-0.25, -0.2) is 0 Å². The lowest BCUT2D eigenvalue weighted by molar-refractivity contribution is 0.0504. The van der Waals surface area contributed by atoms with Gasteiger partial charge in [-0.2, -0.15) is 0 Å². The number of hydrogen-bond acceptors (Lipinski definition) is 2. The second-order valence-electron chi connectivity index (χ2n) is 7.06. The normalized spacial score (nSPS) is 26.1. The average Bonchev–Trinajstić information content (AvgIpc) is 2.22. The highest BCUT2D eigenvalue weighted by atomic mass is 15.2. The smallest absolute Gasteiger partial charge is 0.0125 e. The molecule has 0 radical (unpaired) electrons. The lowest BCUT2D eigenvalue weighted by atomic mass is 9.83. The molecule has 2 saturated heterocycles. The molecule has 0 aromatic carbocycles. The third kappa shape index (κ3) is 3.45. The van der Waals surface area contributed by atoms with Crippen molar-refractivity contribution in [2.24, 2.45) is 11.8 Å². The minimum absolute atomic E-state index is 0.375. The number of likely N-dealkylation sites (tertiary alicyclic amines) is 2. The van der Waals surface area contributed by atoms with Crippen molar-refractivity contribution in [2.75, 3.05) is 32.7 Å². The van der Waals surface area contributed by atoms with Crippen molar-refractivity contribution < 1.29 is 0 Å². The summed E-state index contributed by atoms with van der Waals surface area (Å²) in [6.45, 7) is 15.9. The maximum atomic E-state index is 2.66. The molecule has 0 amide bonds. The van der Waals surface area contributed by atoms with Gasteiger partial charge in [-0.1, -0.05) is 6.92 Å². The molecule has 0 atom stereocenters. The Labute approximate surface area is 107 Å². The number of hydrogen-bond donors (Lipinski definition) is 0. The van der Waals surface area contributed by atoms with E-state index in [1.54, 1.807) is 0 Å². The zero-order chi connectivity index (χ0) is 12.5. The number of piperidine rings is 1. The van der Waals surface area contributed by atoms with E-state index in [-0.39, 0.29) is 0 Å². The van der Waals surface area contributed by atoms with Gasteiger partial charge in [-0.15, -0.1) is 0 Å². The molecule has 2 fully saturated rings. The Balaban J connectivity index is 1.66. The van der Waals surface area contributed by atoms with E-state index < -0.39 is 0 Å². The maximum Gasteiger partial charge on any atom is 0.0125 e. The van der Waals surface area contributed by atoms with E-state index in [9.17, 15) is 0 Å². The molecule has 0 bridgehead atoms. The highest BCUT2D eigenvalue weighted by Crippen LogP contribution is 2.31. The van der Waals surface area contributed by atoms with Crippen LogP contribution in [-0.4, -0.2) is 48.1 Å². The molecule has 2 rings (SSSR count). The summed E-state index contributed by atoms with van der Waals surface area (Å²) >= 11 is 0. The van der Waals surface area contributed by atoms with E-state index >= 15 is 0 Å². The lowest BCUT2D eigenvalue weighted by Crippen LogP contribution is -2.49. The average molecular weight is 238 g/mol. The molecule has 0 spiro atoms. The van der Waals surface area contributed by atoms with Crippen molar-refractivity contribution in [1.82, 2.24) is 9.80 Å². The quantitative estimate of drug-likeness (QED) is 0.746. The molecule has 2 heterocycles. The first-order valence-corrected chi connectivity index (χ1v) is 7.46. The Morgan fingerprint density at radius 3 is 2.06 bits per heavy atom. The van der Waals surface area contributed by atoms with Gasteiger partial charge in [0.2, 0.25) is 0 Å². The molecule has 2 aliphatic heterocycles. The molecule has 100 valence electrons. The van der Waals surface area contributed by atoms with Crippen LogP contribution in [0.1, 0.15) is 47.0 Å². The van der Waals surface area contributed by atoms with Gasteiger partial charge in [-0.05, 0) is 71.5 Å². The third-order valence-electron chi connectivity index (χ3n) is 4.71. The van der Waals surface area contributed by atoms with Crippen molar-refractivity contribution in [3.8, 4) is 0 Å². The minimum Gasteiger partial charge on any atom is -0.303 e. The zero-order valence-corrected chi connectivity index (χ0v) is 12.2. The van der Waals surface area contributed by atoms with Gasteiger partial charge in [0.25, 0.3) is 0 Å². The van der Waals surface area contributed by atoms with Crippen molar-refractivity contribution in [2.45, 2.75) is 52.5 Å². The summed E-state index contributed by atoms with van der Waals surface area (Å²) in [6.07, 6.45) is 4.36. The predicted molar refractivity (Wildman–Crippen MR) is 74.3 cm³/mol. The van der Waals surface area contributed by atoms with Gasteiger partial charge in [-0.3, -0.25) is 4.90 Å². The monoisotopic (exact) mass is 238 g/mol. The zero-order valence-electron chi connectivity index (χ0n) is 12.2. The Bertz CT molecular complexity index is 230. The first-order chi connectivity index (χ1) is 7.99. The van der Waals surface area contributed by atoms with E-state index in [4.69, 9.17) is 0 Å². The van der Waals surface area contributed by atoms with Gasteiger partial charge in [0, 0.05) is 18.6 Å². The molecule has 0 aromatic rings. The summed E-state index contributed by atoms with van der Waals surface area (Å²) in [6, 6.07) is 0. The van der Waals surface area contributed by atoms with Gasteiger partial charge in [0.05, 0.1) is 0 Å². The SMILES string of the molecule is CCN1CC(CC2CCN(C(C)(C)C)CC2)C1. The molecule has 0 N–H and O–H groups in total. The van der Waals surface area contributed by atoms with Gasteiger partial charge < -0.3 is 4.90 Å². The fourth-order valence-corrected chi connectivity index (χ4v) is 3.39. The fraction of sp³-hybridized carbons (Fsp3) is 1.00. The lowest BCUT2D eigenvalue weighted by Gasteiger charge is -2.44. The predicted octanol–water partition coefficient (Wildman–Crippen LogP) is 2.84. The molecule has 0 aromatic heterocycles. The summed E-state index contributed by atoms with van der Waals surface area (Å²) in [5.74, 6) is 2.03. The fourth-order valence-electron chi connectivity index (χ4n) is 3.39. The van der Waals surface area contributed by atoms with E-state index in [0.29, 0.717) is 5.54 Å². The first kappa shape index (κ1) is 13.4. The maximum absolute atomic E-state index is 2.66. The number of rotatable bonds is 3. The summed E-state index contributed by atoms with van der Waals surface area (Å²) in [4.78, 5) is 5.22. The van der Waals surface area contributed by atoms with Crippen molar-refractivity contribution in [1.29, 1.82) is 0 Å². The van der Waals surface area contributed by atoms with E-state index in [1.165, 1.54) is 52.0 Å². The molecule has 0 unspecified atom stereocenters. The van der Waals surface area contributed by atoms with Crippen LogP contribution in [0.4, 0.5) is 0 Å². The van der Waals surface area contributed by atoms with Crippen molar-refractivity contribution in [3.63, 3.8) is 0 Å². The van der Waals surface area contributed by atoms with E-state index in [2.05, 4.69) is 37.5 Å². The molecule has 0 saturated carbocycles. The molecule has 0 aliphatic carbocycles. The van der Waals surface area contributed by atoms with E-state index in [1.807, 2.05) is 0 Å². The summed E-state index contributed by atoms with van der Waals surface area (Å²) in [5, 5.41) is 0. The summed E-state index contributed by atoms with van der Waals surface area (Å²) in [7, 11) is 0. The Hall–Kier alpha value is -0.0800. The van der Waals surface area contributed by atoms with Crippen LogP contribution in [0.15, 0.2) is 0 Å². The summed E-state index contributed by atoms with van der Waals surface area (Å²) in [5.41, 5.74) is 0.375. The van der Waals surface area contributed by atoms with Crippen LogP contribution in [0.2, 0.25) is 0 Å². The van der Waals surface area contributed by atoms with Crippen LogP contribution < -0.4 is 0 Å². The molecule has 17 heavy (non-hydrogen) atoms. The van der Waals surface area contributed by atoms with Crippen LogP contribution in [0.25, 0.3) is 0 Å². The Morgan fingerprint density at radius 1 is 1.00 bits per heavy atom. The largest absolute Gasteiger partial charge is 0.303 e. The molecular formula is C15H30N2. The second-order valence-corrected chi connectivity index (χ2v) is 7.06. The van der Waals surface area contributed by atoms with Crippen LogP contribution in [0.5, 0.6) is 0 Å². The standard InChI is InChI=1S/C15H30N2/c1-5-16-11-14(12-16)10-13-6-8-17(9-7-13)15(2,3)4/h13-14H,5-12H2,1-4H3. The topological polar surface area (TPSA) is 6.48 Å². The van der Waals surface area contributed by atoms with Crippen LogP contribution >= 0.6 is 0 Å². The molecule has 2 aliphatic rings. The highest BCUT2D eigenvalue weighted by Gasteiger charge is 2.31. The van der Waals surface area contributed by atoms with Gasteiger partial charge in [0.1, 0.15) is 0 Å². The van der Waals surface area contributed by atoms with Crippen LogP contribution in [0, 0.1) is 11.8 Å². The van der Waals surface area contributed by atoms with Crippen molar-refractivity contribution in [3.05, 3.63) is 0 Å². The minimum atomic E-state index is 0.375. The molecular weight excluding hydrogens is 208 g/mol. The number of nitrogens with zero attached hydrogens (tertiary/aromatic N) is 2. The van der Waals surface area contributed by atoms with Gasteiger partial charge >= 0.3 is 0 Å². The molecule has 2 nitrogen and oxygen atoms in total. The van der Waals surface area contributed by atoms with Crippen molar-refractivity contribution >= 4 is 0 Å². The Kier molecular flexibility index (Phi) is 4.14. The van der Waals surface area contributed by atoms with Gasteiger partial charge in [0.15, 0.2) is 0 Å². The summed E-state index contributed by atoms with van der Waals surface area (Å²) < 4.78 is 0. The van der Waals surface area contributed by atoms with Crippen LogP contribution in [0.3, 0.4) is 0 Å².